The van der Waals surface area contributed by atoms with Crippen LogP contribution >= 0.6 is 0 Å². The summed E-state index contributed by atoms with van der Waals surface area (Å²) in [5.41, 5.74) is 7.24. The van der Waals surface area contributed by atoms with Crippen LogP contribution in [0.5, 0.6) is 0 Å². The lowest BCUT2D eigenvalue weighted by Crippen LogP contribution is -2.28. The molecule has 0 spiro atoms. The summed E-state index contributed by atoms with van der Waals surface area (Å²) in [6.07, 6.45) is 2.51. The van der Waals surface area contributed by atoms with Crippen molar-refractivity contribution in [1.29, 1.82) is 0 Å². The summed E-state index contributed by atoms with van der Waals surface area (Å²) in [5.74, 6) is 0. The first-order valence-electron chi connectivity index (χ1n) is 3.23. The topological polar surface area (TPSA) is 41.7 Å². The third-order valence-corrected chi connectivity index (χ3v) is 1.33. The Morgan fingerprint density at radius 2 is 2.09 bits per heavy atom. The number of hydrazone groups is 1. The van der Waals surface area contributed by atoms with Gasteiger partial charge in [-0.2, -0.15) is 5.12 Å². The van der Waals surface area contributed by atoms with E-state index >= 15 is 0 Å². The monoisotopic (exact) mass is 146 g/mol. The van der Waals surface area contributed by atoms with E-state index in [-0.39, 0.29) is 0 Å². The molecule has 0 saturated heterocycles. The van der Waals surface area contributed by atoms with Crippen LogP contribution in [0.4, 0.5) is 5.69 Å². The Labute approximate surface area is 64.5 Å². The number of para-hydroxylation sites is 1. The Morgan fingerprint density at radius 1 is 1.27 bits per heavy atom. The van der Waals surface area contributed by atoms with Gasteiger partial charge in [-0.05, 0) is 12.1 Å². The molecule has 1 aliphatic rings. The predicted octanol–water partition coefficient (Wildman–Crippen LogP) is 0.351. The maximum absolute atomic E-state index is 3.81. The van der Waals surface area contributed by atoms with Crippen LogP contribution in [0.1, 0.15) is 0 Å². The first-order valence-corrected chi connectivity index (χ1v) is 3.23. The van der Waals surface area contributed by atoms with Crippen molar-refractivity contribution in [2.45, 2.75) is 0 Å². The van der Waals surface area contributed by atoms with Gasteiger partial charge in [-0.3, -0.25) is 5.43 Å². The van der Waals surface area contributed by atoms with Crippen LogP contribution in [0, 0.1) is 0 Å². The maximum atomic E-state index is 3.81. The van der Waals surface area contributed by atoms with Crippen LogP contribution in [-0.4, -0.2) is 6.34 Å². The normalized spacial score (nSPS) is 15.1. The van der Waals surface area contributed by atoms with Gasteiger partial charge in [-0.1, -0.05) is 18.2 Å². The Balaban J connectivity index is 2.23. The van der Waals surface area contributed by atoms with E-state index in [2.05, 4.69) is 22.4 Å². The van der Waals surface area contributed by atoms with Crippen LogP contribution in [0.3, 0.4) is 0 Å². The fourth-order valence-electron chi connectivity index (χ4n) is 0.839. The van der Waals surface area contributed by atoms with E-state index in [0.29, 0.717) is 0 Å². The lowest BCUT2D eigenvalue weighted by atomic mass is 10.3. The fraction of sp³-hybridized carbons (Fsp3) is 0. The highest BCUT2D eigenvalue weighted by molar-refractivity contribution is 5.60. The van der Waals surface area contributed by atoms with Crippen molar-refractivity contribution in [2.75, 3.05) is 5.12 Å². The van der Waals surface area contributed by atoms with Crippen molar-refractivity contribution in [2.24, 2.45) is 5.10 Å². The van der Waals surface area contributed by atoms with Crippen molar-refractivity contribution < 1.29 is 0 Å². The van der Waals surface area contributed by atoms with Gasteiger partial charge in [0.15, 0.2) is 0 Å². The number of anilines is 1. The summed E-state index contributed by atoms with van der Waals surface area (Å²) in [6.45, 7) is 0. The van der Waals surface area contributed by atoms with Gasteiger partial charge in [0.1, 0.15) is 0 Å². The summed E-state index contributed by atoms with van der Waals surface area (Å²) in [4.78, 5) is 0. The van der Waals surface area contributed by atoms with Crippen molar-refractivity contribution in [3.05, 3.63) is 30.3 Å². The van der Waals surface area contributed by atoms with Gasteiger partial charge >= 0.3 is 0 Å². The third-order valence-electron chi connectivity index (χ3n) is 1.33. The summed E-state index contributed by atoms with van der Waals surface area (Å²) in [7, 11) is 0. The second-order valence-electron chi connectivity index (χ2n) is 2.05. The first-order chi connectivity index (χ1) is 5.47. The van der Waals surface area contributed by atoms with Crippen LogP contribution in [0.15, 0.2) is 35.4 Å². The molecule has 0 unspecified atom stereocenters. The molecule has 1 aliphatic heterocycles. The molecule has 0 aromatic heterocycles. The van der Waals surface area contributed by atoms with Gasteiger partial charge in [-0.15, -0.1) is 5.10 Å². The van der Waals surface area contributed by atoms with Gasteiger partial charge < -0.3 is 0 Å². The van der Waals surface area contributed by atoms with E-state index in [4.69, 9.17) is 0 Å². The van der Waals surface area contributed by atoms with Gasteiger partial charge in [-0.25, -0.2) is 0 Å². The number of hydrogen-bond acceptors (Lipinski definition) is 3. The fourth-order valence-corrected chi connectivity index (χ4v) is 0.839. The highest BCUT2D eigenvalue weighted by Crippen LogP contribution is 2.11. The van der Waals surface area contributed by atoms with Crippen LogP contribution in [-0.2, 0) is 0 Å². The maximum Gasteiger partial charge on any atom is 0.211 e. The number of rotatable bonds is 1. The average Bonchev–Trinajstić information content (AvgIpc) is 2.58. The van der Waals surface area contributed by atoms with Crippen LogP contribution in [0.25, 0.3) is 0 Å². The molecule has 1 aromatic rings. The van der Waals surface area contributed by atoms with Gasteiger partial charge in [0.25, 0.3) is 0 Å². The third kappa shape index (κ3) is 1.15. The van der Waals surface area contributed by atoms with Crippen molar-refractivity contribution in [3.63, 3.8) is 0 Å². The molecule has 54 valence electrons. The summed E-state index contributed by atoms with van der Waals surface area (Å²) in [5, 5.41) is 5.28. The number of benzene rings is 1. The lowest BCUT2D eigenvalue weighted by molar-refractivity contribution is 0.649. The van der Waals surface area contributed by atoms with E-state index in [1.165, 1.54) is 5.12 Å². The minimum Gasteiger partial charge on any atom is -0.261 e. The van der Waals surface area contributed by atoms with Gasteiger partial charge in [0.2, 0.25) is 6.34 Å². The summed E-state index contributed by atoms with van der Waals surface area (Å²) < 4.78 is 0. The Morgan fingerprint density at radius 3 is 2.73 bits per heavy atom. The molecule has 4 nitrogen and oxygen atoms in total. The average molecular weight is 146 g/mol. The lowest BCUT2D eigenvalue weighted by Gasteiger charge is -2.08. The quantitative estimate of drug-likeness (QED) is 0.621. The highest BCUT2D eigenvalue weighted by atomic mass is 15.8. The smallest absolute Gasteiger partial charge is 0.211 e. The zero-order chi connectivity index (χ0) is 7.52. The number of nitrogens with zero attached hydrogens (tertiary/aromatic N) is 3. The Hall–Kier alpha value is -1.55. The molecule has 1 heterocycles. The second-order valence-corrected chi connectivity index (χ2v) is 2.05. The highest BCUT2D eigenvalue weighted by Gasteiger charge is 2.07. The molecule has 4 heteroatoms. The largest absolute Gasteiger partial charge is 0.261 e. The van der Waals surface area contributed by atoms with E-state index in [0.717, 1.165) is 5.69 Å². The van der Waals surface area contributed by atoms with Crippen LogP contribution in [0.2, 0.25) is 0 Å². The van der Waals surface area contributed by atoms with Gasteiger partial charge in [0.05, 0.1) is 5.69 Å². The molecule has 0 aliphatic carbocycles. The molecule has 1 aromatic carbocycles. The molecule has 0 fully saturated rings. The summed E-state index contributed by atoms with van der Waals surface area (Å²) >= 11 is 0. The molecular weight excluding hydrogens is 140 g/mol. The predicted molar refractivity (Wildman–Crippen MR) is 41.6 cm³/mol. The zero-order valence-corrected chi connectivity index (χ0v) is 5.73. The Kier molecular flexibility index (Phi) is 1.46. The number of nitrogens with one attached hydrogen (secondary N) is 1. The molecule has 11 heavy (non-hydrogen) atoms. The van der Waals surface area contributed by atoms with Gasteiger partial charge in [0, 0.05) is 5.53 Å². The molecule has 2 radical (unpaired) electrons. The molecule has 0 saturated carbocycles. The van der Waals surface area contributed by atoms with E-state index < -0.39 is 0 Å². The summed E-state index contributed by atoms with van der Waals surface area (Å²) in [6, 6.07) is 9.64. The standard InChI is InChI=1S/C7H6N4/c1-2-4-7(5-3-1)11-9-6-8-10-11/h1-5H,(H,8,9). The first kappa shape index (κ1) is 6.18. The molecular formula is C7H6N4. The van der Waals surface area contributed by atoms with Crippen molar-refractivity contribution in [1.82, 2.24) is 11.0 Å². The SMILES string of the molecule is [C]1=NN(c2ccccc2)[N]N1. The van der Waals surface area contributed by atoms with E-state index in [1.807, 2.05) is 30.3 Å². The minimum atomic E-state index is 0.921. The number of hydrogen-bond donors (Lipinski definition) is 1. The van der Waals surface area contributed by atoms with Crippen molar-refractivity contribution in [3.8, 4) is 0 Å². The molecule has 0 amide bonds. The molecule has 0 atom stereocenters. The van der Waals surface area contributed by atoms with E-state index in [9.17, 15) is 0 Å². The minimum absolute atomic E-state index is 0.921. The zero-order valence-electron chi connectivity index (χ0n) is 5.73. The molecule has 1 N–H and O–H groups in total. The van der Waals surface area contributed by atoms with Crippen molar-refractivity contribution >= 4 is 12.0 Å². The van der Waals surface area contributed by atoms with E-state index in [1.54, 1.807) is 0 Å². The van der Waals surface area contributed by atoms with Crippen LogP contribution < -0.4 is 16.1 Å². The molecule has 2 rings (SSSR count). The molecule has 0 bridgehead atoms. The Bertz CT molecular complexity index is 256. The second kappa shape index (κ2) is 2.59.